The van der Waals surface area contributed by atoms with Crippen molar-refractivity contribution in [2.75, 3.05) is 19.1 Å². The zero-order valence-electron chi connectivity index (χ0n) is 11.0. The summed E-state index contributed by atoms with van der Waals surface area (Å²) in [6.07, 6.45) is 0. The minimum Gasteiger partial charge on any atom is -0.395 e. The van der Waals surface area contributed by atoms with E-state index in [1.54, 1.807) is 0 Å². The van der Waals surface area contributed by atoms with Gasteiger partial charge in [0, 0.05) is 19.2 Å². The van der Waals surface area contributed by atoms with Gasteiger partial charge in [-0.05, 0) is 19.1 Å². The standard InChI is InChI=1S/C10H16N4O5S/c1-7(6-15)13(2)20(18,19)10-5-8(12-11)3-4-9(10)14(16)17/h3-5,7,12,15H,6,11H2,1-2H3. The molecule has 10 heteroatoms. The lowest BCUT2D eigenvalue weighted by molar-refractivity contribution is -0.387. The van der Waals surface area contributed by atoms with Crippen LogP contribution in [0.3, 0.4) is 0 Å². The number of aliphatic hydroxyl groups is 1. The maximum Gasteiger partial charge on any atom is 0.289 e. The van der Waals surface area contributed by atoms with Gasteiger partial charge < -0.3 is 10.5 Å². The molecule has 0 bridgehead atoms. The molecule has 0 aliphatic heterocycles. The van der Waals surface area contributed by atoms with Crippen molar-refractivity contribution in [3.8, 4) is 0 Å². The van der Waals surface area contributed by atoms with Gasteiger partial charge in [-0.15, -0.1) is 0 Å². The van der Waals surface area contributed by atoms with Crippen molar-refractivity contribution in [1.82, 2.24) is 4.31 Å². The molecule has 20 heavy (non-hydrogen) atoms. The first kappa shape index (κ1) is 16.3. The Balaban J connectivity index is 3.46. The molecule has 0 saturated carbocycles. The van der Waals surface area contributed by atoms with Crippen LogP contribution in [0, 0.1) is 10.1 Å². The number of nitrogens with zero attached hydrogens (tertiary/aromatic N) is 2. The monoisotopic (exact) mass is 304 g/mol. The minimum absolute atomic E-state index is 0.222. The van der Waals surface area contributed by atoms with Crippen LogP contribution in [-0.2, 0) is 10.0 Å². The van der Waals surface area contributed by atoms with Crippen LogP contribution in [0.5, 0.6) is 0 Å². The number of nitrogen functional groups attached to an aromatic ring is 1. The van der Waals surface area contributed by atoms with Gasteiger partial charge >= 0.3 is 0 Å². The lowest BCUT2D eigenvalue weighted by Gasteiger charge is -2.22. The highest BCUT2D eigenvalue weighted by Crippen LogP contribution is 2.29. The number of nitro benzene ring substituents is 1. The third-order valence-corrected chi connectivity index (χ3v) is 4.87. The molecule has 0 aliphatic rings. The van der Waals surface area contributed by atoms with E-state index in [0.29, 0.717) is 0 Å². The Labute approximate surface area is 116 Å². The van der Waals surface area contributed by atoms with Crippen LogP contribution < -0.4 is 11.3 Å². The number of anilines is 1. The zero-order chi connectivity index (χ0) is 15.5. The fourth-order valence-electron chi connectivity index (χ4n) is 1.47. The summed E-state index contributed by atoms with van der Waals surface area (Å²) in [7, 11) is -2.88. The molecule has 4 N–H and O–H groups in total. The Kier molecular flexibility index (Phi) is 5.00. The van der Waals surface area contributed by atoms with Gasteiger partial charge in [0.2, 0.25) is 10.0 Å². The fraction of sp³-hybridized carbons (Fsp3) is 0.400. The molecule has 0 saturated heterocycles. The van der Waals surface area contributed by atoms with E-state index in [-0.39, 0.29) is 5.69 Å². The zero-order valence-corrected chi connectivity index (χ0v) is 11.8. The molecule has 0 spiro atoms. The second-order valence-corrected chi connectivity index (χ2v) is 6.10. The predicted molar refractivity (Wildman–Crippen MR) is 72.4 cm³/mol. The van der Waals surface area contributed by atoms with Crippen LogP contribution >= 0.6 is 0 Å². The van der Waals surface area contributed by atoms with E-state index in [1.165, 1.54) is 20.0 Å². The maximum absolute atomic E-state index is 12.4. The topological polar surface area (TPSA) is 139 Å². The van der Waals surface area contributed by atoms with E-state index in [4.69, 9.17) is 10.9 Å². The molecule has 1 aromatic carbocycles. The number of hydrogen-bond acceptors (Lipinski definition) is 7. The van der Waals surface area contributed by atoms with Gasteiger partial charge in [-0.3, -0.25) is 16.0 Å². The van der Waals surface area contributed by atoms with Crippen molar-refractivity contribution in [2.24, 2.45) is 5.84 Å². The Bertz CT molecular complexity index is 604. The fourth-order valence-corrected chi connectivity index (χ4v) is 3.00. The van der Waals surface area contributed by atoms with Gasteiger partial charge in [-0.25, -0.2) is 8.42 Å². The second kappa shape index (κ2) is 6.13. The highest BCUT2D eigenvalue weighted by Gasteiger charge is 2.32. The van der Waals surface area contributed by atoms with Crippen LogP contribution in [0.2, 0.25) is 0 Å². The number of aliphatic hydroxyl groups excluding tert-OH is 1. The molecule has 0 aliphatic carbocycles. The van der Waals surface area contributed by atoms with Crippen molar-refractivity contribution in [3.63, 3.8) is 0 Å². The van der Waals surface area contributed by atoms with Crippen molar-refractivity contribution < 1.29 is 18.4 Å². The number of nitro groups is 1. The molecule has 0 amide bonds. The maximum atomic E-state index is 12.4. The van der Waals surface area contributed by atoms with Gasteiger partial charge in [-0.1, -0.05) is 0 Å². The summed E-state index contributed by atoms with van der Waals surface area (Å²) in [6, 6.07) is 2.72. The van der Waals surface area contributed by atoms with Gasteiger partial charge in [0.05, 0.1) is 17.2 Å². The summed E-state index contributed by atoms with van der Waals surface area (Å²) in [5, 5.41) is 20.0. The quantitative estimate of drug-likeness (QED) is 0.378. The molecule has 1 atom stereocenters. The molecule has 1 unspecified atom stereocenters. The van der Waals surface area contributed by atoms with E-state index < -0.39 is 38.2 Å². The van der Waals surface area contributed by atoms with E-state index >= 15 is 0 Å². The first-order valence-electron chi connectivity index (χ1n) is 5.59. The number of nitrogens with one attached hydrogen (secondary N) is 1. The summed E-state index contributed by atoms with van der Waals surface area (Å²) >= 11 is 0. The van der Waals surface area contributed by atoms with E-state index in [0.717, 1.165) is 16.4 Å². The van der Waals surface area contributed by atoms with Crippen LogP contribution in [0.15, 0.2) is 23.1 Å². The molecular formula is C10H16N4O5S. The number of nitrogens with two attached hydrogens (primary N) is 1. The Morgan fingerprint density at radius 3 is 2.60 bits per heavy atom. The predicted octanol–water partition coefficient (Wildman–Crippen LogP) is -0.118. The first-order chi connectivity index (χ1) is 9.25. The number of hydrogen-bond donors (Lipinski definition) is 3. The lowest BCUT2D eigenvalue weighted by atomic mass is 10.3. The van der Waals surface area contributed by atoms with Crippen molar-refractivity contribution in [3.05, 3.63) is 28.3 Å². The molecule has 0 heterocycles. The lowest BCUT2D eigenvalue weighted by Crippen LogP contribution is -2.37. The average Bonchev–Trinajstić information content (AvgIpc) is 2.44. The smallest absolute Gasteiger partial charge is 0.289 e. The van der Waals surface area contributed by atoms with E-state index in [9.17, 15) is 18.5 Å². The Hall–Kier alpha value is -1.75. The first-order valence-corrected chi connectivity index (χ1v) is 7.03. The largest absolute Gasteiger partial charge is 0.395 e. The van der Waals surface area contributed by atoms with Crippen LogP contribution in [-0.4, -0.2) is 42.4 Å². The molecule has 0 radical (unpaired) electrons. The summed E-state index contributed by atoms with van der Waals surface area (Å²) in [6.45, 7) is 1.08. The Morgan fingerprint density at radius 1 is 1.55 bits per heavy atom. The summed E-state index contributed by atoms with van der Waals surface area (Å²) < 4.78 is 25.6. The molecular weight excluding hydrogens is 288 g/mol. The molecule has 112 valence electrons. The SMILES string of the molecule is CC(CO)N(C)S(=O)(=O)c1cc(NN)ccc1[N+](=O)[O-]. The van der Waals surface area contributed by atoms with Crippen LogP contribution in [0.4, 0.5) is 11.4 Å². The highest BCUT2D eigenvalue weighted by atomic mass is 32.2. The number of hydrazine groups is 1. The summed E-state index contributed by atoms with van der Waals surface area (Å²) in [5.74, 6) is 5.18. The minimum atomic E-state index is -4.12. The third-order valence-electron chi connectivity index (χ3n) is 2.87. The van der Waals surface area contributed by atoms with Gasteiger partial charge in [0.1, 0.15) is 0 Å². The number of benzene rings is 1. The van der Waals surface area contributed by atoms with Crippen molar-refractivity contribution in [1.29, 1.82) is 0 Å². The molecule has 9 nitrogen and oxygen atoms in total. The van der Waals surface area contributed by atoms with Gasteiger partial charge in [-0.2, -0.15) is 4.31 Å². The highest BCUT2D eigenvalue weighted by molar-refractivity contribution is 7.89. The van der Waals surface area contributed by atoms with Gasteiger partial charge in [0.15, 0.2) is 4.90 Å². The van der Waals surface area contributed by atoms with E-state index in [1.807, 2.05) is 0 Å². The molecule has 0 fully saturated rings. The van der Waals surface area contributed by atoms with Crippen LogP contribution in [0.1, 0.15) is 6.92 Å². The number of likely N-dealkylation sites (N-methyl/N-ethyl adjacent to an activating group) is 1. The third kappa shape index (κ3) is 3.04. The van der Waals surface area contributed by atoms with Crippen LogP contribution in [0.25, 0.3) is 0 Å². The average molecular weight is 304 g/mol. The van der Waals surface area contributed by atoms with Crippen molar-refractivity contribution in [2.45, 2.75) is 17.9 Å². The van der Waals surface area contributed by atoms with Gasteiger partial charge in [0.25, 0.3) is 5.69 Å². The molecule has 0 aromatic heterocycles. The molecule has 1 rings (SSSR count). The normalized spacial score (nSPS) is 13.2. The molecule has 1 aromatic rings. The van der Waals surface area contributed by atoms with Crippen molar-refractivity contribution >= 4 is 21.4 Å². The Morgan fingerprint density at radius 2 is 2.15 bits per heavy atom. The number of sulfonamides is 1. The summed E-state index contributed by atoms with van der Waals surface area (Å²) in [5.41, 5.74) is 1.90. The second-order valence-electron chi connectivity index (χ2n) is 4.14. The number of rotatable bonds is 6. The summed E-state index contributed by atoms with van der Waals surface area (Å²) in [4.78, 5) is 9.68. The van der Waals surface area contributed by atoms with E-state index in [2.05, 4.69) is 5.43 Å².